The zero-order chi connectivity index (χ0) is 12.9. The predicted octanol–water partition coefficient (Wildman–Crippen LogP) is 3.78. The van der Waals surface area contributed by atoms with Crippen LogP contribution in [-0.2, 0) is 10.8 Å². The van der Waals surface area contributed by atoms with Gasteiger partial charge in [-0.2, -0.15) is 5.26 Å². The van der Waals surface area contributed by atoms with Gasteiger partial charge in [0.05, 0.1) is 32.2 Å². The van der Waals surface area contributed by atoms with E-state index in [9.17, 15) is 4.21 Å². The largest absolute Gasteiger partial charge is 0.254 e. The Bertz CT molecular complexity index is 451. The minimum atomic E-state index is -1.07. The van der Waals surface area contributed by atoms with Crippen molar-refractivity contribution in [3.05, 3.63) is 29.3 Å². The highest BCUT2D eigenvalue weighted by molar-refractivity contribution is 7.85. The van der Waals surface area contributed by atoms with E-state index in [1.165, 1.54) is 0 Å². The Balaban J connectivity index is 2.53. The van der Waals surface area contributed by atoms with Gasteiger partial charge in [0, 0.05) is 5.75 Å². The summed E-state index contributed by atoms with van der Waals surface area (Å²) in [7, 11) is -1.07. The number of nitriles is 1. The molecule has 0 aliphatic heterocycles. The van der Waals surface area contributed by atoms with E-state index in [-0.39, 0.29) is 5.41 Å². The van der Waals surface area contributed by atoms with Gasteiger partial charge in [0.15, 0.2) is 0 Å². The van der Waals surface area contributed by atoms with Crippen molar-refractivity contribution >= 4 is 22.4 Å². The van der Waals surface area contributed by atoms with Crippen molar-refractivity contribution in [2.24, 2.45) is 5.41 Å². The summed E-state index contributed by atoms with van der Waals surface area (Å²) in [6.45, 7) is 3.79. The molecule has 0 saturated heterocycles. The van der Waals surface area contributed by atoms with Gasteiger partial charge in [0.1, 0.15) is 0 Å². The minimum absolute atomic E-state index is 0.343. The Morgan fingerprint density at radius 3 is 2.65 bits per heavy atom. The van der Waals surface area contributed by atoms with E-state index in [1.54, 1.807) is 12.1 Å². The number of hydrogen-bond donors (Lipinski definition) is 0. The molecule has 2 nitrogen and oxygen atoms in total. The molecule has 0 aromatic heterocycles. The van der Waals surface area contributed by atoms with Crippen molar-refractivity contribution in [3.63, 3.8) is 0 Å². The predicted molar refractivity (Wildman–Crippen MR) is 71.4 cm³/mol. The molecule has 4 heteroatoms. The van der Waals surface area contributed by atoms with Crippen LogP contribution in [0, 0.1) is 16.7 Å². The van der Waals surface area contributed by atoms with Gasteiger partial charge >= 0.3 is 0 Å². The topological polar surface area (TPSA) is 40.9 Å². The molecule has 1 rings (SSSR count). The zero-order valence-corrected chi connectivity index (χ0v) is 11.6. The fourth-order valence-electron chi connectivity index (χ4n) is 1.44. The standard InChI is InChI=1S/C13H16ClNOS/c1-13(2,10-15)8-5-9-17(16)12-7-4-3-6-11(12)14/h3-4,6-7H,5,8-9H2,1-2H3. The first-order valence-corrected chi connectivity index (χ1v) is 7.20. The van der Waals surface area contributed by atoms with Gasteiger partial charge in [-0.3, -0.25) is 4.21 Å². The molecule has 1 aromatic rings. The van der Waals surface area contributed by atoms with Gasteiger partial charge in [-0.25, -0.2) is 0 Å². The Hall–Kier alpha value is -0.850. The molecule has 0 N–H and O–H groups in total. The van der Waals surface area contributed by atoms with E-state index in [1.807, 2.05) is 26.0 Å². The molecule has 1 atom stereocenters. The highest BCUT2D eigenvalue weighted by Gasteiger charge is 2.17. The number of benzene rings is 1. The number of nitrogens with zero attached hydrogens (tertiary/aromatic N) is 1. The van der Waals surface area contributed by atoms with Crippen molar-refractivity contribution in [1.82, 2.24) is 0 Å². The van der Waals surface area contributed by atoms with Crippen LogP contribution in [0.1, 0.15) is 26.7 Å². The lowest BCUT2D eigenvalue weighted by Crippen LogP contribution is -2.10. The zero-order valence-electron chi connectivity index (χ0n) is 10.1. The summed E-state index contributed by atoms with van der Waals surface area (Å²) >= 11 is 5.97. The first kappa shape index (κ1) is 14.2. The Morgan fingerprint density at radius 1 is 1.41 bits per heavy atom. The highest BCUT2D eigenvalue weighted by atomic mass is 35.5. The molecule has 92 valence electrons. The molecule has 0 spiro atoms. The number of rotatable bonds is 5. The highest BCUT2D eigenvalue weighted by Crippen LogP contribution is 2.23. The van der Waals surface area contributed by atoms with Crippen LogP contribution < -0.4 is 0 Å². The second-order valence-corrected chi connectivity index (χ2v) is 6.53. The van der Waals surface area contributed by atoms with E-state index in [0.717, 1.165) is 12.8 Å². The van der Waals surface area contributed by atoms with Crippen LogP contribution in [0.25, 0.3) is 0 Å². The van der Waals surface area contributed by atoms with Crippen LogP contribution in [0.5, 0.6) is 0 Å². The van der Waals surface area contributed by atoms with E-state index in [0.29, 0.717) is 15.7 Å². The van der Waals surface area contributed by atoms with Gasteiger partial charge in [0.25, 0.3) is 0 Å². The SMILES string of the molecule is CC(C)(C#N)CCCS(=O)c1ccccc1Cl. The van der Waals surface area contributed by atoms with Crippen molar-refractivity contribution in [2.45, 2.75) is 31.6 Å². The van der Waals surface area contributed by atoms with Crippen molar-refractivity contribution in [1.29, 1.82) is 5.26 Å². The normalized spacial score (nSPS) is 13.1. The minimum Gasteiger partial charge on any atom is -0.254 e. The number of halogens is 1. The van der Waals surface area contributed by atoms with Gasteiger partial charge in [-0.15, -0.1) is 0 Å². The summed E-state index contributed by atoms with van der Waals surface area (Å²) < 4.78 is 12.0. The lowest BCUT2D eigenvalue weighted by molar-refractivity contribution is 0.447. The molecule has 0 aliphatic carbocycles. The summed E-state index contributed by atoms with van der Waals surface area (Å²) in [5, 5.41) is 9.42. The van der Waals surface area contributed by atoms with E-state index in [2.05, 4.69) is 6.07 Å². The van der Waals surface area contributed by atoms with Gasteiger partial charge < -0.3 is 0 Å². The third-order valence-electron chi connectivity index (χ3n) is 2.52. The second kappa shape index (κ2) is 6.18. The summed E-state index contributed by atoms with van der Waals surface area (Å²) in [6, 6.07) is 9.42. The average molecular weight is 270 g/mol. The fraction of sp³-hybridized carbons (Fsp3) is 0.462. The molecular weight excluding hydrogens is 254 g/mol. The summed E-state index contributed by atoms with van der Waals surface area (Å²) in [5.74, 6) is 0.550. The molecule has 0 bridgehead atoms. The third kappa shape index (κ3) is 4.49. The lowest BCUT2D eigenvalue weighted by Gasteiger charge is -2.14. The van der Waals surface area contributed by atoms with Crippen molar-refractivity contribution in [3.8, 4) is 6.07 Å². The fourth-order valence-corrected chi connectivity index (χ4v) is 2.98. The van der Waals surface area contributed by atoms with Crippen LogP contribution in [-0.4, -0.2) is 9.96 Å². The maximum Gasteiger partial charge on any atom is 0.0683 e. The third-order valence-corrected chi connectivity index (χ3v) is 4.46. The molecule has 0 radical (unpaired) electrons. The summed E-state index contributed by atoms with van der Waals surface area (Å²) in [4.78, 5) is 0.684. The molecule has 1 aromatic carbocycles. The van der Waals surface area contributed by atoms with Crippen LogP contribution >= 0.6 is 11.6 Å². The van der Waals surface area contributed by atoms with Crippen LogP contribution in [0.2, 0.25) is 5.02 Å². The quantitative estimate of drug-likeness (QED) is 0.816. The first-order valence-electron chi connectivity index (χ1n) is 5.50. The van der Waals surface area contributed by atoms with E-state index >= 15 is 0 Å². The Labute approximate surface area is 110 Å². The van der Waals surface area contributed by atoms with Crippen LogP contribution in [0.3, 0.4) is 0 Å². The molecular formula is C13H16ClNOS. The summed E-state index contributed by atoms with van der Waals surface area (Å²) in [5.41, 5.74) is -0.343. The smallest absolute Gasteiger partial charge is 0.0683 e. The van der Waals surface area contributed by atoms with E-state index < -0.39 is 10.8 Å². The number of hydrogen-bond acceptors (Lipinski definition) is 2. The van der Waals surface area contributed by atoms with Crippen molar-refractivity contribution in [2.75, 3.05) is 5.75 Å². The lowest BCUT2D eigenvalue weighted by atomic mass is 9.90. The molecule has 0 heterocycles. The monoisotopic (exact) mass is 269 g/mol. The molecule has 0 aliphatic rings. The van der Waals surface area contributed by atoms with Gasteiger partial charge in [-0.05, 0) is 38.8 Å². The van der Waals surface area contributed by atoms with Crippen molar-refractivity contribution < 1.29 is 4.21 Å². The second-order valence-electron chi connectivity index (χ2n) is 4.58. The molecule has 0 fully saturated rings. The van der Waals surface area contributed by atoms with Crippen LogP contribution in [0.4, 0.5) is 0 Å². The summed E-state index contributed by atoms with van der Waals surface area (Å²) in [6.07, 6.45) is 1.51. The van der Waals surface area contributed by atoms with Crippen LogP contribution in [0.15, 0.2) is 29.2 Å². The molecule has 0 saturated carbocycles. The first-order chi connectivity index (χ1) is 7.96. The maximum absolute atomic E-state index is 12.0. The Kier molecular flexibility index (Phi) is 5.17. The molecule has 17 heavy (non-hydrogen) atoms. The maximum atomic E-state index is 12.0. The Morgan fingerprint density at radius 2 is 2.06 bits per heavy atom. The molecule has 1 unspecified atom stereocenters. The van der Waals surface area contributed by atoms with E-state index in [4.69, 9.17) is 16.9 Å². The average Bonchev–Trinajstić information content (AvgIpc) is 2.29. The molecule has 0 amide bonds. The van der Waals surface area contributed by atoms with Gasteiger partial charge in [-0.1, -0.05) is 23.7 Å². The van der Waals surface area contributed by atoms with Gasteiger partial charge in [0.2, 0.25) is 0 Å².